The summed E-state index contributed by atoms with van der Waals surface area (Å²) in [4.78, 5) is 21.2. The summed E-state index contributed by atoms with van der Waals surface area (Å²) in [6, 6.07) is 7.56. The molecule has 3 rings (SSSR count). The third-order valence-corrected chi connectivity index (χ3v) is 3.99. The molecular formula is C11H8N4O4S. The van der Waals surface area contributed by atoms with E-state index in [0.717, 1.165) is 21.9 Å². The highest BCUT2D eigenvalue weighted by molar-refractivity contribution is 7.15. The molecule has 2 N–H and O–H groups in total. The smallest absolute Gasteiger partial charge is 0.324 e. The topological polar surface area (TPSA) is 110 Å². The Hall–Kier alpha value is -2.68. The summed E-state index contributed by atoms with van der Waals surface area (Å²) < 4.78 is 0. The van der Waals surface area contributed by atoms with Crippen molar-refractivity contribution in [3.63, 3.8) is 0 Å². The van der Waals surface area contributed by atoms with Crippen molar-refractivity contribution in [3.05, 3.63) is 55.4 Å². The summed E-state index contributed by atoms with van der Waals surface area (Å²) in [6.07, 6.45) is -0.314. The van der Waals surface area contributed by atoms with E-state index in [1.165, 1.54) is 18.2 Å². The fraction of sp³-hybridized carbons (Fsp3) is 0.0909. The van der Waals surface area contributed by atoms with Gasteiger partial charge in [0.05, 0.1) is 26.1 Å². The van der Waals surface area contributed by atoms with Crippen molar-refractivity contribution in [3.8, 4) is 0 Å². The van der Waals surface area contributed by atoms with Gasteiger partial charge in [-0.25, -0.2) is 0 Å². The van der Waals surface area contributed by atoms with E-state index in [2.05, 4.69) is 10.6 Å². The lowest BCUT2D eigenvalue weighted by Gasteiger charge is -2.08. The van der Waals surface area contributed by atoms with E-state index in [-0.39, 0.29) is 16.9 Å². The van der Waals surface area contributed by atoms with Crippen LogP contribution in [-0.4, -0.2) is 9.85 Å². The summed E-state index contributed by atoms with van der Waals surface area (Å²) in [7, 11) is 0. The summed E-state index contributed by atoms with van der Waals surface area (Å²) in [6.45, 7) is 0. The number of nitro groups is 2. The summed E-state index contributed by atoms with van der Waals surface area (Å²) in [5.41, 5.74) is 1.34. The fourth-order valence-electron chi connectivity index (χ4n) is 1.98. The molecule has 0 bridgehead atoms. The Morgan fingerprint density at radius 2 is 1.75 bits per heavy atom. The predicted molar refractivity (Wildman–Crippen MR) is 74.1 cm³/mol. The van der Waals surface area contributed by atoms with Gasteiger partial charge in [-0.1, -0.05) is 11.3 Å². The van der Waals surface area contributed by atoms with Gasteiger partial charge in [0.1, 0.15) is 6.17 Å². The van der Waals surface area contributed by atoms with Gasteiger partial charge in [-0.3, -0.25) is 20.2 Å². The van der Waals surface area contributed by atoms with Crippen molar-refractivity contribution in [1.29, 1.82) is 0 Å². The molecule has 0 amide bonds. The van der Waals surface area contributed by atoms with E-state index in [1.807, 2.05) is 0 Å². The highest BCUT2D eigenvalue weighted by Crippen LogP contribution is 2.40. The average Bonchev–Trinajstić information content (AvgIpc) is 3.04. The molecule has 0 spiro atoms. The van der Waals surface area contributed by atoms with Crippen molar-refractivity contribution >= 4 is 33.4 Å². The lowest BCUT2D eigenvalue weighted by Crippen LogP contribution is -2.09. The number of anilines is 2. The SMILES string of the molecule is O=[N+]([O-])c1ccc2c(c1)N[C@@H](c1ccc([N+](=O)[O-])s1)N2. The molecule has 8 nitrogen and oxygen atoms in total. The summed E-state index contributed by atoms with van der Waals surface area (Å²) >= 11 is 1.06. The molecule has 102 valence electrons. The van der Waals surface area contributed by atoms with Crippen molar-refractivity contribution < 1.29 is 9.85 Å². The zero-order valence-corrected chi connectivity index (χ0v) is 10.7. The van der Waals surface area contributed by atoms with Crippen LogP contribution in [0.2, 0.25) is 0 Å². The lowest BCUT2D eigenvalue weighted by atomic mass is 10.2. The third kappa shape index (κ3) is 2.03. The number of nitro benzene ring substituents is 1. The number of hydrogen-bond acceptors (Lipinski definition) is 7. The molecule has 20 heavy (non-hydrogen) atoms. The molecule has 1 aromatic heterocycles. The molecular weight excluding hydrogens is 284 g/mol. The number of thiophene rings is 1. The van der Waals surface area contributed by atoms with E-state index < -0.39 is 9.85 Å². The van der Waals surface area contributed by atoms with Crippen LogP contribution in [0.25, 0.3) is 0 Å². The Labute approximate surface area is 116 Å². The molecule has 1 aromatic carbocycles. The van der Waals surface area contributed by atoms with Crippen LogP contribution in [0.15, 0.2) is 30.3 Å². The largest absolute Gasteiger partial charge is 0.359 e. The van der Waals surface area contributed by atoms with Crippen molar-refractivity contribution in [2.24, 2.45) is 0 Å². The van der Waals surface area contributed by atoms with Crippen molar-refractivity contribution in [2.75, 3.05) is 10.6 Å². The highest BCUT2D eigenvalue weighted by atomic mass is 32.1. The van der Waals surface area contributed by atoms with Crippen LogP contribution in [0.3, 0.4) is 0 Å². The minimum Gasteiger partial charge on any atom is -0.359 e. The highest BCUT2D eigenvalue weighted by Gasteiger charge is 2.25. The Balaban J connectivity index is 1.85. The average molecular weight is 292 g/mol. The fourth-order valence-corrected chi connectivity index (χ4v) is 2.80. The van der Waals surface area contributed by atoms with Crippen LogP contribution in [0, 0.1) is 20.2 Å². The predicted octanol–water partition coefficient (Wildman–Crippen LogP) is 3.10. The van der Waals surface area contributed by atoms with Gasteiger partial charge in [0.25, 0.3) is 5.69 Å². The molecule has 0 saturated carbocycles. The minimum atomic E-state index is -0.467. The maximum Gasteiger partial charge on any atom is 0.324 e. The molecule has 9 heteroatoms. The number of benzene rings is 1. The monoisotopic (exact) mass is 292 g/mol. The third-order valence-electron chi connectivity index (χ3n) is 2.89. The minimum absolute atomic E-state index is 0.00383. The molecule has 1 atom stereocenters. The zero-order valence-electron chi connectivity index (χ0n) is 9.90. The van der Waals surface area contributed by atoms with Crippen molar-refractivity contribution in [2.45, 2.75) is 6.17 Å². The van der Waals surface area contributed by atoms with Crippen LogP contribution in [0.1, 0.15) is 11.0 Å². The van der Waals surface area contributed by atoms with Crippen LogP contribution < -0.4 is 10.6 Å². The van der Waals surface area contributed by atoms with E-state index in [4.69, 9.17) is 0 Å². The van der Waals surface area contributed by atoms with Gasteiger partial charge in [0, 0.05) is 18.2 Å². The number of non-ortho nitro benzene ring substituents is 1. The molecule has 1 aliphatic rings. The zero-order chi connectivity index (χ0) is 14.3. The molecule has 0 radical (unpaired) electrons. The maximum atomic E-state index is 10.7. The summed E-state index contributed by atoms with van der Waals surface area (Å²) in [5, 5.41) is 27.6. The number of nitrogens with zero attached hydrogens (tertiary/aromatic N) is 2. The molecule has 0 fully saturated rings. The van der Waals surface area contributed by atoms with Gasteiger partial charge in [-0.05, 0) is 12.1 Å². The van der Waals surface area contributed by atoms with Gasteiger partial charge < -0.3 is 10.6 Å². The standard InChI is InChI=1S/C11H8N4O4S/c16-14(17)6-1-2-7-8(5-6)13-11(12-7)9-3-4-10(20-9)15(18)19/h1-5,11-13H/t11-/m0/s1. The first kappa shape index (κ1) is 12.4. The normalized spacial score (nSPS) is 16.1. The van der Waals surface area contributed by atoms with Crippen LogP contribution >= 0.6 is 11.3 Å². The van der Waals surface area contributed by atoms with Crippen molar-refractivity contribution in [1.82, 2.24) is 0 Å². The second-order valence-electron chi connectivity index (χ2n) is 4.14. The van der Waals surface area contributed by atoms with E-state index in [9.17, 15) is 20.2 Å². The maximum absolute atomic E-state index is 10.7. The molecule has 2 aromatic rings. The lowest BCUT2D eigenvalue weighted by molar-refractivity contribution is -0.384. The molecule has 2 heterocycles. The quantitative estimate of drug-likeness (QED) is 0.664. The van der Waals surface area contributed by atoms with Crippen LogP contribution in [0.5, 0.6) is 0 Å². The Kier molecular flexibility index (Phi) is 2.75. The first-order valence-electron chi connectivity index (χ1n) is 5.60. The van der Waals surface area contributed by atoms with Gasteiger partial charge >= 0.3 is 5.00 Å². The Morgan fingerprint density at radius 3 is 2.40 bits per heavy atom. The van der Waals surface area contributed by atoms with Gasteiger partial charge in [-0.2, -0.15) is 0 Å². The van der Waals surface area contributed by atoms with E-state index in [0.29, 0.717) is 5.69 Å². The molecule has 0 unspecified atom stereocenters. The van der Waals surface area contributed by atoms with Gasteiger partial charge in [0.15, 0.2) is 0 Å². The number of nitrogens with one attached hydrogen (secondary N) is 2. The molecule has 0 saturated heterocycles. The van der Waals surface area contributed by atoms with Gasteiger partial charge in [0.2, 0.25) is 0 Å². The van der Waals surface area contributed by atoms with E-state index >= 15 is 0 Å². The Morgan fingerprint density at radius 1 is 1.00 bits per heavy atom. The van der Waals surface area contributed by atoms with Gasteiger partial charge in [-0.15, -0.1) is 0 Å². The second-order valence-corrected chi connectivity index (χ2v) is 5.24. The second kappa shape index (κ2) is 4.46. The van der Waals surface area contributed by atoms with Crippen LogP contribution in [-0.2, 0) is 0 Å². The molecule has 1 aliphatic heterocycles. The molecule has 0 aliphatic carbocycles. The Bertz CT molecular complexity index is 714. The summed E-state index contributed by atoms with van der Waals surface area (Å²) in [5.74, 6) is 0. The van der Waals surface area contributed by atoms with E-state index in [1.54, 1.807) is 12.1 Å². The first-order chi connectivity index (χ1) is 9.54. The van der Waals surface area contributed by atoms with Crippen LogP contribution in [0.4, 0.5) is 22.1 Å². The first-order valence-corrected chi connectivity index (χ1v) is 6.42. The number of rotatable bonds is 3. The number of fused-ring (bicyclic) bond motifs is 1. The number of hydrogen-bond donors (Lipinski definition) is 2.